The summed E-state index contributed by atoms with van der Waals surface area (Å²) in [5.74, 6) is -0.989. The van der Waals surface area contributed by atoms with Crippen molar-refractivity contribution in [3.05, 3.63) is 59.7 Å². The van der Waals surface area contributed by atoms with E-state index in [4.69, 9.17) is 4.74 Å². The van der Waals surface area contributed by atoms with Gasteiger partial charge in [0.25, 0.3) is 5.91 Å². The van der Waals surface area contributed by atoms with Crippen molar-refractivity contribution in [1.29, 1.82) is 0 Å². The number of benzene rings is 2. The van der Waals surface area contributed by atoms with Gasteiger partial charge in [-0.2, -0.15) is 23.3 Å². The normalized spacial score (nSPS) is 16.2. The molecule has 1 heterocycles. The van der Waals surface area contributed by atoms with Gasteiger partial charge in [0.1, 0.15) is 0 Å². The molecule has 1 amide bonds. The zero-order valence-corrected chi connectivity index (χ0v) is 13.5. The molecule has 0 saturated heterocycles. The van der Waals surface area contributed by atoms with Crippen molar-refractivity contribution in [2.24, 2.45) is 5.10 Å². The van der Waals surface area contributed by atoms with E-state index in [0.29, 0.717) is 5.01 Å². The van der Waals surface area contributed by atoms with Crippen LogP contribution in [0.15, 0.2) is 59.2 Å². The van der Waals surface area contributed by atoms with Gasteiger partial charge in [0.15, 0.2) is 17.2 Å². The number of hydrogen-bond acceptors (Lipinski definition) is 4. The molecule has 5 nitrogen and oxygen atoms in total. The molecule has 0 bridgehead atoms. The van der Waals surface area contributed by atoms with Crippen LogP contribution in [-0.4, -0.2) is 30.0 Å². The highest BCUT2D eigenvalue weighted by Crippen LogP contribution is 2.33. The molecule has 26 heavy (non-hydrogen) atoms. The lowest BCUT2D eigenvalue weighted by Gasteiger charge is -2.11. The predicted octanol–water partition coefficient (Wildman–Crippen LogP) is 3.75. The molecule has 1 aliphatic rings. The fraction of sp³-hybridized carbons (Fsp3) is 0.111. The summed E-state index contributed by atoms with van der Waals surface area (Å²) in [7, 11) is 1.35. The molecule has 0 unspecified atom stereocenters. The number of para-hydroxylation sites is 1. The number of amides is 1. The second kappa shape index (κ2) is 6.55. The second-order valence-corrected chi connectivity index (χ2v) is 5.39. The van der Waals surface area contributed by atoms with Crippen LogP contribution in [0, 0.1) is 0 Å². The van der Waals surface area contributed by atoms with Crippen molar-refractivity contribution >= 4 is 23.4 Å². The highest BCUT2D eigenvalue weighted by atomic mass is 19.4. The third-order valence-electron chi connectivity index (χ3n) is 3.66. The van der Waals surface area contributed by atoms with Crippen LogP contribution in [0.2, 0.25) is 0 Å². The van der Waals surface area contributed by atoms with E-state index in [1.807, 2.05) is 0 Å². The van der Waals surface area contributed by atoms with Gasteiger partial charge >= 0.3 is 6.18 Å². The van der Waals surface area contributed by atoms with Gasteiger partial charge < -0.3 is 9.84 Å². The first-order valence-corrected chi connectivity index (χ1v) is 7.45. The first kappa shape index (κ1) is 17.5. The first-order valence-electron chi connectivity index (χ1n) is 7.45. The molecule has 2 aromatic rings. The summed E-state index contributed by atoms with van der Waals surface area (Å²) in [6.45, 7) is 0. The number of ether oxygens (including phenoxy) is 1. The molecule has 1 aliphatic heterocycles. The molecule has 0 spiro atoms. The van der Waals surface area contributed by atoms with Gasteiger partial charge in [-0.3, -0.25) is 4.79 Å². The molecule has 0 aromatic heterocycles. The molecular formula is C18H13F3N2O3. The first-order chi connectivity index (χ1) is 12.3. The van der Waals surface area contributed by atoms with Crippen molar-refractivity contribution in [2.75, 3.05) is 12.1 Å². The Balaban J connectivity index is 2.06. The molecule has 0 aliphatic carbocycles. The number of alkyl halides is 3. The van der Waals surface area contributed by atoms with E-state index in [9.17, 15) is 23.1 Å². The summed E-state index contributed by atoms with van der Waals surface area (Å²) < 4.78 is 45.0. The summed E-state index contributed by atoms with van der Waals surface area (Å²) in [6, 6.07) is 11.9. The number of phenols is 1. The number of halogens is 3. The number of methoxy groups -OCH3 is 1. The number of hydrogen-bond donors (Lipinski definition) is 1. The van der Waals surface area contributed by atoms with E-state index in [1.54, 1.807) is 18.2 Å². The van der Waals surface area contributed by atoms with Crippen LogP contribution >= 0.6 is 0 Å². The standard InChI is InChI=1S/C18H13F3N2O3/c1-26-15-8-7-11(10-14(15)24)9-13-16(18(19,20)21)22-23(17(13)25)12-5-3-2-4-6-12/h2-10,24H,1H3/b13-9-. The maximum absolute atomic E-state index is 13.4. The molecule has 3 rings (SSSR count). The number of hydrazone groups is 1. The molecule has 2 aromatic carbocycles. The number of nitrogens with zero attached hydrogens (tertiary/aromatic N) is 2. The topological polar surface area (TPSA) is 62.1 Å². The minimum atomic E-state index is -4.81. The Morgan fingerprint density at radius 3 is 2.42 bits per heavy atom. The van der Waals surface area contributed by atoms with Gasteiger partial charge in [0.05, 0.1) is 18.4 Å². The van der Waals surface area contributed by atoms with Gasteiger partial charge in [0.2, 0.25) is 0 Å². The van der Waals surface area contributed by atoms with E-state index in [-0.39, 0.29) is 22.7 Å². The summed E-state index contributed by atoms with van der Waals surface area (Å²) in [5, 5.41) is 14.0. The van der Waals surface area contributed by atoms with Crippen LogP contribution in [0.25, 0.3) is 6.08 Å². The third-order valence-corrected chi connectivity index (χ3v) is 3.66. The van der Waals surface area contributed by atoms with Crippen LogP contribution in [0.4, 0.5) is 18.9 Å². The Morgan fingerprint density at radius 1 is 1.15 bits per heavy atom. The van der Waals surface area contributed by atoms with Gasteiger partial charge in [0, 0.05) is 0 Å². The van der Waals surface area contributed by atoms with Crippen LogP contribution in [0.5, 0.6) is 11.5 Å². The van der Waals surface area contributed by atoms with E-state index in [0.717, 1.165) is 6.08 Å². The minimum Gasteiger partial charge on any atom is -0.504 e. The number of carbonyl (C=O) groups is 1. The Kier molecular flexibility index (Phi) is 4.41. The SMILES string of the molecule is COc1ccc(/C=C2\C(=O)N(c3ccccc3)N=C2C(F)(F)F)cc1O. The lowest BCUT2D eigenvalue weighted by Crippen LogP contribution is -2.25. The molecule has 8 heteroatoms. The second-order valence-electron chi connectivity index (χ2n) is 5.39. The molecule has 1 N–H and O–H groups in total. The average Bonchev–Trinajstić information content (AvgIpc) is 2.93. The van der Waals surface area contributed by atoms with Gasteiger partial charge in [-0.1, -0.05) is 24.3 Å². The van der Waals surface area contributed by atoms with Crippen molar-refractivity contribution < 1.29 is 27.8 Å². The van der Waals surface area contributed by atoms with Gasteiger partial charge in [-0.25, -0.2) is 0 Å². The zero-order valence-electron chi connectivity index (χ0n) is 13.5. The lowest BCUT2D eigenvalue weighted by molar-refractivity contribution is -0.114. The molecule has 0 fully saturated rings. The Bertz CT molecular complexity index is 906. The van der Waals surface area contributed by atoms with E-state index in [1.165, 1.54) is 37.4 Å². The monoisotopic (exact) mass is 362 g/mol. The third kappa shape index (κ3) is 3.26. The number of aromatic hydroxyl groups is 1. The number of phenolic OH excluding ortho intramolecular Hbond substituents is 1. The van der Waals surface area contributed by atoms with E-state index < -0.39 is 23.4 Å². The summed E-state index contributed by atoms with van der Waals surface area (Å²) in [6.07, 6.45) is -3.77. The number of rotatable bonds is 3. The fourth-order valence-corrected chi connectivity index (χ4v) is 2.46. The maximum atomic E-state index is 13.4. The van der Waals surface area contributed by atoms with Crippen molar-refractivity contribution in [1.82, 2.24) is 0 Å². The highest BCUT2D eigenvalue weighted by Gasteiger charge is 2.46. The van der Waals surface area contributed by atoms with Gasteiger partial charge in [-0.05, 0) is 35.9 Å². The van der Waals surface area contributed by atoms with Crippen molar-refractivity contribution in [3.63, 3.8) is 0 Å². The van der Waals surface area contributed by atoms with E-state index in [2.05, 4.69) is 5.10 Å². The molecular weight excluding hydrogens is 349 g/mol. The quantitative estimate of drug-likeness (QED) is 0.846. The molecule has 0 saturated carbocycles. The van der Waals surface area contributed by atoms with Crippen LogP contribution in [0.1, 0.15) is 5.56 Å². The number of anilines is 1. The zero-order chi connectivity index (χ0) is 18.9. The average molecular weight is 362 g/mol. The van der Waals surface area contributed by atoms with Crippen molar-refractivity contribution in [3.8, 4) is 11.5 Å². The van der Waals surface area contributed by atoms with Gasteiger partial charge in [-0.15, -0.1) is 0 Å². The Morgan fingerprint density at radius 2 is 1.85 bits per heavy atom. The lowest BCUT2D eigenvalue weighted by atomic mass is 10.1. The summed E-state index contributed by atoms with van der Waals surface area (Å²) in [5.41, 5.74) is -1.47. The molecule has 0 radical (unpaired) electrons. The Labute approximate surface area is 146 Å². The van der Waals surface area contributed by atoms with Crippen LogP contribution in [0.3, 0.4) is 0 Å². The largest absolute Gasteiger partial charge is 0.504 e. The fourth-order valence-electron chi connectivity index (χ4n) is 2.46. The van der Waals surface area contributed by atoms with Crippen LogP contribution in [-0.2, 0) is 4.79 Å². The highest BCUT2D eigenvalue weighted by molar-refractivity contribution is 6.34. The Hall–Kier alpha value is -3.29. The molecule has 0 atom stereocenters. The van der Waals surface area contributed by atoms with Crippen molar-refractivity contribution in [2.45, 2.75) is 6.18 Å². The molecule has 134 valence electrons. The summed E-state index contributed by atoms with van der Waals surface area (Å²) >= 11 is 0. The van der Waals surface area contributed by atoms with Crippen LogP contribution < -0.4 is 9.75 Å². The smallest absolute Gasteiger partial charge is 0.435 e. The van der Waals surface area contributed by atoms with E-state index >= 15 is 0 Å². The number of carbonyl (C=O) groups excluding carboxylic acids is 1. The minimum absolute atomic E-state index is 0.167. The maximum Gasteiger partial charge on any atom is 0.435 e. The summed E-state index contributed by atoms with van der Waals surface area (Å²) in [4.78, 5) is 12.5. The predicted molar refractivity (Wildman–Crippen MR) is 90.1 cm³/mol.